The van der Waals surface area contributed by atoms with Crippen LogP contribution in [0.4, 0.5) is 0 Å². The van der Waals surface area contributed by atoms with Gasteiger partial charge in [0.05, 0.1) is 25.2 Å². The molecule has 1 N–H and O–H groups in total. The summed E-state index contributed by atoms with van der Waals surface area (Å²) in [5, 5.41) is 2.65. The maximum absolute atomic E-state index is 12.8. The zero-order valence-electron chi connectivity index (χ0n) is 15.8. The zero-order chi connectivity index (χ0) is 20.0. The van der Waals surface area contributed by atoms with Gasteiger partial charge in [-0.1, -0.05) is 26.3 Å². The van der Waals surface area contributed by atoms with Crippen LogP contribution in [0.1, 0.15) is 30.6 Å². The van der Waals surface area contributed by atoms with E-state index < -0.39 is 27.9 Å². The van der Waals surface area contributed by atoms with Gasteiger partial charge in [0.15, 0.2) is 0 Å². The fraction of sp³-hybridized carbons (Fsp3) is 0.556. The van der Waals surface area contributed by atoms with Crippen LogP contribution in [0, 0.1) is 5.92 Å². The number of carbonyl (C=O) groups is 2. The lowest BCUT2D eigenvalue weighted by atomic mass is 9.99. The quantitative estimate of drug-likeness (QED) is 0.688. The second-order valence-corrected chi connectivity index (χ2v) is 8.34. The highest BCUT2D eigenvalue weighted by Gasteiger charge is 2.29. The van der Waals surface area contributed by atoms with Crippen molar-refractivity contribution in [3.05, 3.63) is 29.8 Å². The number of morpholine rings is 1. The van der Waals surface area contributed by atoms with E-state index >= 15 is 0 Å². The molecule has 1 fully saturated rings. The van der Waals surface area contributed by atoms with Crippen molar-refractivity contribution in [1.29, 1.82) is 0 Å². The molecule has 0 aliphatic carbocycles. The molecule has 2 rings (SSSR count). The van der Waals surface area contributed by atoms with Gasteiger partial charge in [-0.15, -0.1) is 0 Å². The highest BCUT2D eigenvalue weighted by atomic mass is 32.2. The number of nitrogens with one attached hydrogen (secondary N) is 1. The SMILES string of the molecule is CC[C@H](C)[C@H](NC(=O)c1cccc(S(=O)(=O)N2CCOCC2)c1)C(=O)OC. The van der Waals surface area contributed by atoms with Gasteiger partial charge >= 0.3 is 5.97 Å². The van der Waals surface area contributed by atoms with Gasteiger partial charge in [0.2, 0.25) is 10.0 Å². The van der Waals surface area contributed by atoms with Crippen molar-refractivity contribution in [1.82, 2.24) is 9.62 Å². The van der Waals surface area contributed by atoms with E-state index in [9.17, 15) is 18.0 Å². The molecule has 0 unspecified atom stereocenters. The Balaban J connectivity index is 2.22. The fourth-order valence-electron chi connectivity index (χ4n) is 2.75. The van der Waals surface area contributed by atoms with Gasteiger partial charge < -0.3 is 14.8 Å². The number of sulfonamides is 1. The topological polar surface area (TPSA) is 102 Å². The van der Waals surface area contributed by atoms with Crippen LogP contribution in [-0.2, 0) is 24.3 Å². The Morgan fingerprint density at radius 1 is 1.30 bits per heavy atom. The van der Waals surface area contributed by atoms with Gasteiger partial charge in [-0.05, 0) is 24.1 Å². The number of nitrogens with zero attached hydrogens (tertiary/aromatic N) is 1. The standard InChI is InChI=1S/C18H26N2O6S/c1-4-13(2)16(18(22)25-3)19-17(21)14-6-5-7-15(12-14)27(23,24)20-8-10-26-11-9-20/h5-7,12-13,16H,4,8-11H2,1-3H3,(H,19,21)/t13-,16-/m0/s1. The molecule has 27 heavy (non-hydrogen) atoms. The first-order valence-electron chi connectivity index (χ1n) is 8.88. The molecule has 1 heterocycles. The van der Waals surface area contributed by atoms with E-state index in [-0.39, 0.29) is 29.5 Å². The predicted octanol–water partition coefficient (Wildman–Crippen LogP) is 1.03. The minimum Gasteiger partial charge on any atom is -0.467 e. The number of esters is 1. The van der Waals surface area contributed by atoms with Crippen LogP contribution < -0.4 is 5.32 Å². The molecule has 0 spiro atoms. The van der Waals surface area contributed by atoms with Crippen molar-refractivity contribution in [2.45, 2.75) is 31.2 Å². The Kier molecular flexibility index (Phi) is 7.34. The van der Waals surface area contributed by atoms with Gasteiger partial charge in [-0.2, -0.15) is 4.31 Å². The second-order valence-electron chi connectivity index (χ2n) is 6.40. The summed E-state index contributed by atoms with van der Waals surface area (Å²) in [5.74, 6) is -1.18. The number of methoxy groups -OCH3 is 1. The minimum atomic E-state index is -3.71. The molecule has 1 aromatic carbocycles. The molecule has 1 aliphatic rings. The molecule has 1 amide bonds. The van der Waals surface area contributed by atoms with Gasteiger partial charge in [-0.25, -0.2) is 13.2 Å². The third kappa shape index (κ3) is 5.06. The van der Waals surface area contributed by atoms with E-state index in [1.165, 1.54) is 35.7 Å². The van der Waals surface area contributed by atoms with Crippen LogP contribution in [0.15, 0.2) is 29.2 Å². The molecular formula is C18H26N2O6S. The fourth-order valence-corrected chi connectivity index (χ4v) is 4.21. The molecule has 0 aromatic heterocycles. The van der Waals surface area contributed by atoms with Crippen molar-refractivity contribution in [2.24, 2.45) is 5.92 Å². The zero-order valence-corrected chi connectivity index (χ0v) is 16.6. The summed E-state index contributed by atoms with van der Waals surface area (Å²) in [5.41, 5.74) is 0.168. The summed E-state index contributed by atoms with van der Waals surface area (Å²) in [7, 11) is -2.44. The summed E-state index contributed by atoms with van der Waals surface area (Å²) >= 11 is 0. The number of ether oxygens (including phenoxy) is 2. The molecule has 0 saturated carbocycles. The summed E-state index contributed by atoms with van der Waals surface area (Å²) in [4.78, 5) is 24.6. The van der Waals surface area contributed by atoms with Crippen molar-refractivity contribution in [3.63, 3.8) is 0 Å². The highest BCUT2D eigenvalue weighted by molar-refractivity contribution is 7.89. The second kappa shape index (κ2) is 9.29. The average molecular weight is 398 g/mol. The molecule has 0 radical (unpaired) electrons. The smallest absolute Gasteiger partial charge is 0.328 e. The largest absolute Gasteiger partial charge is 0.467 e. The summed E-state index contributed by atoms with van der Waals surface area (Å²) in [6.07, 6.45) is 0.672. The number of benzene rings is 1. The summed E-state index contributed by atoms with van der Waals surface area (Å²) in [6, 6.07) is 5.00. The van der Waals surface area contributed by atoms with Crippen LogP contribution in [-0.4, -0.2) is 64.1 Å². The first kappa shape index (κ1) is 21.3. The summed E-state index contributed by atoms with van der Waals surface area (Å²) in [6.45, 7) is 4.97. The minimum absolute atomic E-state index is 0.0372. The van der Waals surface area contributed by atoms with E-state index in [1.54, 1.807) is 0 Å². The lowest BCUT2D eigenvalue weighted by molar-refractivity contribution is -0.144. The molecule has 150 valence electrons. The maximum Gasteiger partial charge on any atom is 0.328 e. The first-order valence-corrected chi connectivity index (χ1v) is 10.3. The lowest BCUT2D eigenvalue weighted by Crippen LogP contribution is -2.45. The Morgan fingerprint density at radius 2 is 1.96 bits per heavy atom. The molecule has 1 saturated heterocycles. The Hall–Kier alpha value is -1.97. The third-order valence-corrected chi connectivity index (χ3v) is 6.55. The number of hydrogen-bond donors (Lipinski definition) is 1. The van der Waals surface area contributed by atoms with Crippen molar-refractivity contribution >= 4 is 21.9 Å². The van der Waals surface area contributed by atoms with Crippen LogP contribution in [0.2, 0.25) is 0 Å². The predicted molar refractivity (Wildman–Crippen MR) is 98.7 cm³/mol. The van der Waals surface area contributed by atoms with E-state index in [1.807, 2.05) is 13.8 Å². The third-order valence-electron chi connectivity index (χ3n) is 4.66. The van der Waals surface area contributed by atoms with Gasteiger partial charge in [0.25, 0.3) is 5.91 Å². The van der Waals surface area contributed by atoms with Crippen LogP contribution in [0.5, 0.6) is 0 Å². The van der Waals surface area contributed by atoms with Crippen LogP contribution in [0.25, 0.3) is 0 Å². The number of amides is 1. The van der Waals surface area contributed by atoms with Crippen LogP contribution >= 0.6 is 0 Å². The van der Waals surface area contributed by atoms with E-state index in [0.717, 1.165) is 0 Å². The molecule has 1 aromatic rings. The Bertz CT molecular complexity index is 774. The molecule has 2 atom stereocenters. The van der Waals surface area contributed by atoms with E-state index in [4.69, 9.17) is 9.47 Å². The highest BCUT2D eigenvalue weighted by Crippen LogP contribution is 2.19. The number of carbonyl (C=O) groups excluding carboxylic acids is 2. The van der Waals surface area contributed by atoms with Gasteiger partial charge in [-0.3, -0.25) is 4.79 Å². The van der Waals surface area contributed by atoms with Crippen molar-refractivity contribution in [3.8, 4) is 0 Å². The van der Waals surface area contributed by atoms with Gasteiger partial charge in [0, 0.05) is 18.7 Å². The average Bonchev–Trinajstić information content (AvgIpc) is 2.71. The van der Waals surface area contributed by atoms with Crippen molar-refractivity contribution < 1.29 is 27.5 Å². The Labute approximate surface area is 159 Å². The maximum atomic E-state index is 12.8. The first-order chi connectivity index (χ1) is 12.8. The molecule has 9 heteroatoms. The number of hydrogen-bond acceptors (Lipinski definition) is 6. The van der Waals surface area contributed by atoms with Crippen LogP contribution in [0.3, 0.4) is 0 Å². The number of rotatable bonds is 7. The van der Waals surface area contributed by atoms with Crippen molar-refractivity contribution in [2.75, 3.05) is 33.4 Å². The molecule has 8 nitrogen and oxygen atoms in total. The monoisotopic (exact) mass is 398 g/mol. The normalized spacial score (nSPS) is 17.7. The lowest BCUT2D eigenvalue weighted by Gasteiger charge is -2.26. The molecule has 0 bridgehead atoms. The Morgan fingerprint density at radius 3 is 2.56 bits per heavy atom. The van der Waals surface area contributed by atoms with Gasteiger partial charge in [0.1, 0.15) is 6.04 Å². The molecule has 1 aliphatic heterocycles. The molecular weight excluding hydrogens is 372 g/mol. The van der Waals surface area contributed by atoms with E-state index in [2.05, 4.69) is 5.32 Å². The summed E-state index contributed by atoms with van der Waals surface area (Å²) < 4.78 is 36.8. The van der Waals surface area contributed by atoms with E-state index in [0.29, 0.717) is 19.6 Å².